The van der Waals surface area contributed by atoms with Gasteiger partial charge in [0.25, 0.3) is 0 Å². The van der Waals surface area contributed by atoms with Crippen LogP contribution in [0.3, 0.4) is 0 Å². The van der Waals surface area contributed by atoms with Crippen LogP contribution in [0.15, 0.2) is 30.3 Å². The standard InChI is InChI=1S/C22H29N3O3/c1-13-7-8-19(28-6)18(11-13)17(5)24-22(27)23-12-20(26)25-21-15(3)9-14(2)10-16(21)4/h7-11,17H,12H2,1-6H3,(H,25,26)(H2,23,24,27). The normalized spacial score (nSPS) is 11.5. The first-order valence-corrected chi connectivity index (χ1v) is 9.28. The quantitative estimate of drug-likeness (QED) is 0.707. The Labute approximate surface area is 166 Å². The van der Waals surface area contributed by atoms with Crippen molar-refractivity contribution in [2.75, 3.05) is 19.0 Å². The highest BCUT2D eigenvalue weighted by molar-refractivity contribution is 5.95. The number of methoxy groups -OCH3 is 1. The molecule has 6 nitrogen and oxygen atoms in total. The molecule has 1 atom stereocenters. The first-order valence-electron chi connectivity index (χ1n) is 9.28. The third-order valence-corrected chi connectivity index (χ3v) is 4.55. The Morgan fingerprint density at radius 1 is 1.00 bits per heavy atom. The molecule has 0 aliphatic heterocycles. The number of aryl methyl sites for hydroxylation is 4. The number of amides is 3. The van der Waals surface area contributed by atoms with E-state index >= 15 is 0 Å². The molecule has 0 radical (unpaired) electrons. The van der Waals surface area contributed by atoms with E-state index in [2.05, 4.69) is 16.0 Å². The van der Waals surface area contributed by atoms with Crippen molar-refractivity contribution in [2.45, 2.75) is 40.7 Å². The summed E-state index contributed by atoms with van der Waals surface area (Å²) >= 11 is 0. The lowest BCUT2D eigenvalue weighted by molar-refractivity contribution is -0.115. The third-order valence-electron chi connectivity index (χ3n) is 4.55. The minimum Gasteiger partial charge on any atom is -0.496 e. The highest BCUT2D eigenvalue weighted by atomic mass is 16.5. The molecular weight excluding hydrogens is 354 g/mol. The second-order valence-electron chi connectivity index (χ2n) is 7.12. The topological polar surface area (TPSA) is 79.5 Å². The Balaban J connectivity index is 1.92. The van der Waals surface area contributed by atoms with Crippen LogP contribution < -0.4 is 20.7 Å². The minimum absolute atomic E-state index is 0.115. The van der Waals surface area contributed by atoms with Gasteiger partial charge in [-0.15, -0.1) is 0 Å². The van der Waals surface area contributed by atoms with E-state index in [1.165, 1.54) is 0 Å². The second-order valence-corrected chi connectivity index (χ2v) is 7.12. The first-order chi connectivity index (χ1) is 13.2. The molecule has 3 N–H and O–H groups in total. The predicted molar refractivity (Wildman–Crippen MR) is 112 cm³/mol. The van der Waals surface area contributed by atoms with Crippen molar-refractivity contribution < 1.29 is 14.3 Å². The molecule has 0 bridgehead atoms. The van der Waals surface area contributed by atoms with Crippen LogP contribution in [0.2, 0.25) is 0 Å². The monoisotopic (exact) mass is 383 g/mol. The molecule has 2 rings (SSSR count). The molecule has 0 saturated heterocycles. The van der Waals surface area contributed by atoms with Crippen molar-refractivity contribution in [3.63, 3.8) is 0 Å². The Morgan fingerprint density at radius 2 is 1.64 bits per heavy atom. The summed E-state index contributed by atoms with van der Waals surface area (Å²) in [5, 5.41) is 8.31. The second kappa shape index (κ2) is 9.26. The van der Waals surface area contributed by atoms with Gasteiger partial charge in [-0.1, -0.05) is 35.4 Å². The van der Waals surface area contributed by atoms with Crippen LogP contribution in [-0.4, -0.2) is 25.6 Å². The van der Waals surface area contributed by atoms with E-state index in [0.29, 0.717) is 5.75 Å². The number of ether oxygens (including phenoxy) is 1. The molecule has 2 aromatic carbocycles. The fraction of sp³-hybridized carbons (Fsp3) is 0.364. The van der Waals surface area contributed by atoms with Crippen LogP contribution in [-0.2, 0) is 4.79 Å². The highest BCUT2D eigenvalue weighted by Crippen LogP contribution is 2.26. The molecule has 0 heterocycles. The molecule has 0 spiro atoms. The van der Waals surface area contributed by atoms with E-state index in [9.17, 15) is 9.59 Å². The van der Waals surface area contributed by atoms with Crippen molar-refractivity contribution >= 4 is 17.6 Å². The van der Waals surface area contributed by atoms with Crippen molar-refractivity contribution in [3.8, 4) is 5.75 Å². The number of urea groups is 1. The Bertz CT molecular complexity index is 854. The van der Waals surface area contributed by atoms with Gasteiger partial charge >= 0.3 is 6.03 Å². The number of carbonyl (C=O) groups is 2. The molecule has 150 valence electrons. The molecule has 0 aliphatic carbocycles. The lowest BCUT2D eigenvalue weighted by atomic mass is 10.0. The van der Waals surface area contributed by atoms with Gasteiger partial charge in [0.05, 0.1) is 19.7 Å². The van der Waals surface area contributed by atoms with E-state index < -0.39 is 6.03 Å². The number of nitrogens with one attached hydrogen (secondary N) is 3. The maximum Gasteiger partial charge on any atom is 0.315 e. The van der Waals surface area contributed by atoms with Crippen molar-refractivity contribution in [3.05, 3.63) is 58.1 Å². The maximum atomic E-state index is 12.2. The van der Waals surface area contributed by atoms with Gasteiger partial charge in [0, 0.05) is 11.3 Å². The van der Waals surface area contributed by atoms with E-state index in [4.69, 9.17) is 4.74 Å². The van der Waals surface area contributed by atoms with Gasteiger partial charge < -0.3 is 20.7 Å². The summed E-state index contributed by atoms with van der Waals surface area (Å²) in [5.74, 6) is 0.437. The van der Waals surface area contributed by atoms with Gasteiger partial charge in [-0.2, -0.15) is 0 Å². The number of rotatable bonds is 6. The zero-order valence-corrected chi connectivity index (χ0v) is 17.4. The summed E-state index contributed by atoms with van der Waals surface area (Å²) in [7, 11) is 1.60. The van der Waals surface area contributed by atoms with Gasteiger partial charge in [0.1, 0.15) is 5.75 Å². The fourth-order valence-electron chi connectivity index (χ4n) is 3.24. The van der Waals surface area contributed by atoms with Gasteiger partial charge in [0.15, 0.2) is 0 Å². The fourth-order valence-corrected chi connectivity index (χ4v) is 3.24. The molecule has 0 aliphatic rings. The molecule has 6 heteroatoms. The van der Waals surface area contributed by atoms with Crippen molar-refractivity contribution in [2.24, 2.45) is 0 Å². The Kier molecular flexibility index (Phi) is 7.04. The SMILES string of the molecule is COc1ccc(C)cc1C(C)NC(=O)NCC(=O)Nc1c(C)cc(C)cc1C. The van der Waals surface area contributed by atoms with Crippen LogP contribution in [0.5, 0.6) is 5.75 Å². The zero-order chi connectivity index (χ0) is 20.8. The summed E-state index contributed by atoms with van der Waals surface area (Å²) in [4.78, 5) is 24.4. The summed E-state index contributed by atoms with van der Waals surface area (Å²) < 4.78 is 5.36. The van der Waals surface area contributed by atoms with E-state index in [1.807, 2.05) is 65.0 Å². The average Bonchev–Trinajstić information content (AvgIpc) is 2.62. The number of carbonyl (C=O) groups excluding carboxylic acids is 2. The van der Waals surface area contributed by atoms with E-state index in [-0.39, 0.29) is 18.5 Å². The van der Waals surface area contributed by atoms with Crippen LogP contribution in [0, 0.1) is 27.7 Å². The summed E-state index contributed by atoms with van der Waals surface area (Å²) in [6.07, 6.45) is 0. The van der Waals surface area contributed by atoms with Gasteiger partial charge in [-0.3, -0.25) is 4.79 Å². The van der Waals surface area contributed by atoms with Crippen LogP contribution in [0.4, 0.5) is 10.5 Å². The van der Waals surface area contributed by atoms with Crippen molar-refractivity contribution in [1.82, 2.24) is 10.6 Å². The zero-order valence-electron chi connectivity index (χ0n) is 17.4. The van der Waals surface area contributed by atoms with Crippen molar-refractivity contribution in [1.29, 1.82) is 0 Å². The lowest BCUT2D eigenvalue weighted by Gasteiger charge is -2.18. The first kappa shape index (κ1) is 21.3. The van der Waals surface area contributed by atoms with Gasteiger partial charge in [-0.05, 0) is 51.8 Å². The Hall–Kier alpha value is -3.02. The number of benzene rings is 2. The molecule has 3 amide bonds. The predicted octanol–water partition coefficient (Wildman–Crippen LogP) is 3.93. The van der Waals surface area contributed by atoms with E-state index in [1.54, 1.807) is 7.11 Å². The molecule has 1 unspecified atom stereocenters. The summed E-state index contributed by atoms with van der Waals surface area (Å²) in [6, 6.07) is 9.15. The van der Waals surface area contributed by atoms with Crippen LogP contribution in [0.25, 0.3) is 0 Å². The number of hydrogen-bond acceptors (Lipinski definition) is 3. The number of anilines is 1. The Morgan fingerprint density at radius 3 is 2.25 bits per heavy atom. The maximum absolute atomic E-state index is 12.2. The average molecular weight is 383 g/mol. The molecular formula is C22H29N3O3. The molecule has 2 aromatic rings. The largest absolute Gasteiger partial charge is 0.496 e. The third kappa shape index (κ3) is 5.49. The van der Waals surface area contributed by atoms with Gasteiger partial charge in [0.2, 0.25) is 5.91 Å². The van der Waals surface area contributed by atoms with E-state index in [0.717, 1.165) is 33.5 Å². The molecule has 28 heavy (non-hydrogen) atoms. The minimum atomic E-state index is -0.413. The smallest absolute Gasteiger partial charge is 0.315 e. The number of hydrogen-bond donors (Lipinski definition) is 3. The van der Waals surface area contributed by atoms with Gasteiger partial charge in [-0.25, -0.2) is 4.79 Å². The molecule has 0 aromatic heterocycles. The molecule has 0 saturated carbocycles. The van der Waals surface area contributed by atoms with Crippen LogP contribution in [0.1, 0.15) is 40.8 Å². The van der Waals surface area contributed by atoms with Crippen LogP contribution >= 0.6 is 0 Å². The summed E-state index contributed by atoms with van der Waals surface area (Å²) in [6.45, 7) is 9.66. The summed E-state index contributed by atoms with van der Waals surface area (Å²) in [5.41, 5.74) is 5.88. The highest BCUT2D eigenvalue weighted by Gasteiger charge is 2.15. The molecule has 0 fully saturated rings. The lowest BCUT2D eigenvalue weighted by Crippen LogP contribution is -2.41.